The molecule has 0 fully saturated rings. The lowest BCUT2D eigenvalue weighted by Crippen LogP contribution is -2.27. The SMILES string of the molecule is CCNC(=S)Nc1ccc(C(=O)OC(C)C)cc1. The number of esters is 1. The Balaban J connectivity index is 2.62. The Hall–Kier alpha value is -1.62. The minimum atomic E-state index is -0.314. The average Bonchev–Trinajstić information content (AvgIpc) is 2.29. The summed E-state index contributed by atoms with van der Waals surface area (Å²) in [5.41, 5.74) is 1.37. The van der Waals surface area contributed by atoms with E-state index in [0.717, 1.165) is 12.2 Å². The molecular weight excluding hydrogens is 248 g/mol. The summed E-state index contributed by atoms with van der Waals surface area (Å²) in [6.45, 7) is 6.38. The molecule has 0 spiro atoms. The van der Waals surface area contributed by atoms with Gasteiger partial charge in [0.1, 0.15) is 0 Å². The molecular formula is C13H18N2O2S. The normalized spacial score (nSPS) is 10.0. The van der Waals surface area contributed by atoms with Crippen LogP contribution in [0.15, 0.2) is 24.3 Å². The summed E-state index contributed by atoms with van der Waals surface area (Å²) in [6, 6.07) is 7.00. The molecule has 1 rings (SSSR count). The van der Waals surface area contributed by atoms with Crippen LogP contribution in [0, 0.1) is 0 Å². The Morgan fingerprint density at radius 2 is 1.94 bits per heavy atom. The van der Waals surface area contributed by atoms with Gasteiger partial charge < -0.3 is 15.4 Å². The van der Waals surface area contributed by atoms with Crippen molar-refractivity contribution in [1.82, 2.24) is 5.32 Å². The first-order valence-electron chi connectivity index (χ1n) is 5.88. The molecule has 0 atom stereocenters. The molecule has 0 aliphatic rings. The van der Waals surface area contributed by atoms with E-state index in [2.05, 4.69) is 10.6 Å². The van der Waals surface area contributed by atoms with E-state index >= 15 is 0 Å². The third kappa shape index (κ3) is 4.71. The smallest absolute Gasteiger partial charge is 0.338 e. The summed E-state index contributed by atoms with van der Waals surface area (Å²) in [7, 11) is 0. The fourth-order valence-electron chi connectivity index (χ4n) is 1.31. The fourth-order valence-corrected chi connectivity index (χ4v) is 1.57. The molecule has 0 amide bonds. The summed E-state index contributed by atoms with van der Waals surface area (Å²) in [5.74, 6) is -0.314. The van der Waals surface area contributed by atoms with E-state index in [0.29, 0.717) is 10.7 Å². The quantitative estimate of drug-likeness (QED) is 0.648. The summed E-state index contributed by atoms with van der Waals surface area (Å²) < 4.78 is 5.10. The molecule has 0 aliphatic carbocycles. The number of carbonyl (C=O) groups excluding carboxylic acids is 1. The van der Waals surface area contributed by atoms with Crippen molar-refractivity contribution in [1.29, 1.82) is 0 Å². The van der Waals surface area contributed by atoms with Crippen LogP contribution in [0.25, 0.3) is 0 Å². The molecule has 0 saturated heterocycles. The van der Waals surface area contributed by atoms with Crippen LogP contribution in [0.5, 0.6) is 0 Å². The third-order valence-corrected chi connectivity index (χ3v) is 2.30. The van der Waals surface area contributed by atoms with Crippen LogP contribution in [0.4, 0.5) is 5.69 Å². The average molecular weight is 266 g/mol. The molecule has 2 N–H and O–H groups in total. The van der Waals surface area contributed by atoms with Crippen LogP contribution in [0.1, 0.15) is 31.1 Å². The largest absolute Gasteiger partial charge is 0.459 e. The Bertz CT molecular complexity index is 416. The molecule has 98 valence electrons. The molecule has 0 aromatic heterocycles. The predicted molar refractivity (Wildman–Crippen MR) is 76.9 cm³/mol. The van der Waals surface area contributed by atoms with Gasteiger partial charge in [-0.05, 0) is 57.3 Å². The lowest BCUT2D eigenvalue weighted by Gasteiger charge is -2.10. The molecule has 0 aliphatic heterocycles. The first-order valence-corrected chi connectivity index (χ1v) is 6.29. The van der Waals surface area contributed by atoms with E-state index in [9.17, 15) is 4.79 Å². The molecule has 4 nitrogen and oxygen atoms in total. The molecule has 0 saturated carbocycles. The maximum atomic E-state index is 11.6. The molecule has 1 aromatic rings. The molecule has 0 heterocycles. The van der Waals surface area contributed by atoms with Gasteiger partial charge in [0.05, 0.1) is 11.7 Å². The third-order valence-electron chi connectivity index (χ3n) is 2.06. The van der Waals surface area contributed by atoms with Crippen LogP contribution in [0.3, 0.4) is 0 Å². The first-order chi connectivity index (χ1) is 8.52. The van der Waals surface area contributed by atoms with Gasteiger partial charge in [0, 0.05) is 12.2 Å². The number of ether oxygens (including phenoxy) is 1. The van der Waals surface area contributed by atoms with Crippen LogP contribution < -0.4 is 10.6 Å². The molecule has 0 unspecified atom stereocenters. The zero-order chi connectivity index (χ0) is 13.5. The van der Waals surface area contributed by atoms with Gasteiger partial charge >= 0.3 is 5.97 Å². The minimum Gasteiger partial charge on any atom is -0.459 e. The number of hydrogen-bond donors (Lipinski definition) is 2. The number of benzene rings is 1. The highest BCUT2D eigenvalue weighted by Crippen LogP contribution is 2.11. The van der Waals surface area contributed by atoms with Crippen molar-refractivity contribution in [2.45, 2.75) is 26.9 Å². The second-order valence-electron chi connectivity index (χ2n) is 4.02. The van der Waals surface area contributed by atoms with Gasteiger partial charge in [-0.15, -0.1) is 0 Å². The van der Waals surface area contributed by atoms with Gasteiger partial charge in [0.2, 0.25) is 0 Å². The Labute approximate surface area is 113 Å². The van der Waals surface area contributed by atoms with Crippen molar-refractivity contribution < 1.29 is 9.53 Å². The molecule has 0 bridgehead atoms. The van der Waals surface area contributed by atoms with E-state index in [1.807, 2.05) is 20.8 Å². The highest BCUT2D eigenvalue weighted by molar-refractivity contribution is 7.80. The highest BCUT2D eigenvalue weighted by atomic mass is 32.1. The van der Waals surface area contributed by atoms with Crippen LogP contribution in [-0.2, 0) is 4.74 Å². The maximum Gasteiger partial charge on any atom is 0.338 e. The first kappa shape index (κ1) is 14.4. The Morgan fingerprint density at radius 1 is 1.33 bits per heavy atom. The Morgan fingerprint density at radius 3 is 2.44 bits per heavy atom. The summed E-state index contributed by atoms with van der Waals surface area (Å²) in [5, 5.41) is 6.57. The second kappa shape index (κ2) is 6.96. The van der Waals surface area contributed by atoms with E-state index in [4.69, 9.17) is 17.0 Å². The lowest BCUT2D eigenvalue weighted by atomic mass is 10.2. The highest BCUT2D eigenvalue weighted by Gasteiger charge is 2.08. The lowest BCUT2D eigenvalue weighted by molar-refractivity contribution is 0.0378. The van der Waals surface area contributed by atoms with Crippen molar-refractivity contribution in [3.05, 3.63) is 29.8 Å². The van der Waals surface area contributed by atoms with Gasteiger partial charge in [0.15, 0.2) is 5.11 Å². The van der Waals surface area contributed by atoms with Crippen LogP contribution in [0.2, 0.25) is 0 Å². The van der Waals surface area contributed by atoms with Crippen molar-refractivity contribution in [3.8, 4) is 0 Å². The molecule has 18 heavy (non-hydrogen) atoms. The minimum absolute atomic E-state index is 0.114. The van der Waals surface area contributed by atoms with Crippen LogP contribution in [-0.4, -0.2) is 23.7 Å². The number of anilines is 1. The van der Waals surface area contributed by atoms with E-state index in [-0.39, 0.29) is 12.1 Å². The van der Waals surface area contributed by atoms with E-state index < -0.39 is 0 Å². The maximum absolute atomic E-state index is 11.6. The second-order valence-corrected chi connectivity index (χ2v) is 4.42. The molecule has 5 heteroatoms. The standard InChI is InChI=1S/C13H18N2O2S/c1-4-14-13(18)15-11-7-5-10(6-8-11)12(16)17-9(2)3/h5-9H,4H2,1-3H3,(H2,14,15,18). The van der Waals surface area contributed by atoms with E-state index in [1.54, 1.807) is 24.3 Å². The molecule has 0 radical (unpaired) electrons. The Kier molecular flexibility index (Phi) is 5.58. The van der Waals surface area contributed by atoms with Gasteiger partial charge in [-0.1, -0.05) is 0 Å². The zero-order valence-electron chi connectivity index (χ0n) is 10.8. The van der Waals surface area contributed by atoms with Crippen molar-refractivity contribution in [2.24, 2.45) is 0 Å². The monoisotopic (exact) mass is 266 g/mol. The summed E-state index contributed by atoms with van der Waals surface area (Å²) >= 11 is 5.06. The van der Waals surface area contributed by atoms with Gasteiger partial charge in [-0.2, -0.15) is 0 Å². The van der Waals surface area contributed by atoms with Crippen molar-refractivity contribution >= 4 is 29.0 Å². The predicted octanol–water partition coefficient (Wildman–Crippen LogP) is 2.56. The number of hydrogen-bond acceptors (Lipinski definition) is 3. The molecule has 1 aromatic carbocycles. The summed E-state index contributed by atoms with van der Waals surface area (Å²) in [4.78, 5) is 11.6. The van der Waals surface area contributed by atoms with Crippen molar-refractivity contribution in [2.75, 3.05) is 11.9 Å². The fraction of sp³-hybridized carbons (Fsp3) is 0.385. The summed E-state index contributed by atoms with van der Waals surface area (Å²) in [6.07, 6.45) is -0.114. The zero-order valence-corrected chi connectivity index (χ0v) is 11.6. The van der Waals surface area contributed by atoms with Gasteiger partial charge in [-0.3, -0.25) is 0 Å². The van der Waals surface area contributed by atoms with Crippen LogP contribution >= 0.6 is 12.2 Å². The number of nitrogens with one attached hydrogen (secondary N) is 2. The topological polar surface area (TPSA) is 50.4 Å². The number of thiocarbonyl (C=S) groups is 1. The van der Waals surface area contributed by atoms with Crippen molar-refractivity contribution in [3.63, 3.8) is 0 Å². The van der Waals surface area contributed by atoms with E-state index in [1.165, 1.54) is 0 Å². The number of carbonyl (C=O) groups is 1. The van der Waals surface area contributed by atoms with Gasteiger partial charge in [0.25, 0.3) is 0 Å². The van der Waals surface area contributed by atoms with Gasteiger partial charge in [-0.25, -0.2) is 4.79 Å². The number of rotatable bonds is 4.